The lowest BCUT2D eigenvalue weighted by atomic mass is 9.93. The van der Waals surface area contributed by atoms with Crippen molar-refractivity contribution in [3.05, 3.63) is 0 Å². The van der Waals surface area contributed by atoms with Crippen LogP contribution in [0.4, 0.5) is 0 Å². The highest BCUT2D eigenvalue weighted by Gasteiger charge is 2.41. The number of carbonyl (C=O) groups is 1. The normalized spacial score (nSPS) is 26.2. The summed E-state index contributed by atoms with van der Waals surface area (Å²) in [5.74, 6) is 0.277. The molecule has 1 aliphatic rings. The number of hydrogen-bond donors (Lipinski definition) is 1. The van der Waals surface area contributed by atoms with Crippen LogP contribution in [-0.4, -0.2) is 61.0 Å². The number of likely N-dealkylation sites (N-methyl/N-ethyl adjacent to an activating group) is 2. The first-order valence-corrected chi connectivity index (χ1v) is 6.10. The molecule has 1 atom stereocenters. The zero-order valence-corrected chi connectivity index (χ0v) is 11.2. The van der Waals surface area contributed by atoms with Gasteiger partial charge in [-0.15, -0.1) is 0 Å². The topological polar surface area (TPSA) is 35.6 Å². The molecule has 94 valence electrons. The molecule has 0 aliphatic carbocycles. The molecule has 1 fully saturated rings. The van der Waals surface area contributed by atoms with Gasteiger partial charge in [0.15, 0.2) is 0 Å². The third kappa shape index (κ3) is 2.55. The highest BCUT2D eigenvalue weighted by molar-refractivity contribution is 5.83. The third-order valence-corrected chi connectivity index (χ3v) is 3.65. The molecule has 16 heavy (non-hydrogen) atoms. The molecule has 0 radical (unpaired) electrons. The highest BCUT2D eigenvalue weighted by Crippen LogP contribution is 2.25. The highest BCUT2D eigenvalue weighted by atomic mass is 16.2. The average molecular weight is 227 g/mol. The smallest absolute Gasteiger partial charge is 0.240 e. The number of rotatable bonds is 4. The van der Waals surface area contributed by atoms with Gasteiger partial charge in [-0.3, -0.25) is 9.69 Å². The summed E-state index contributed by atoms with van der Waals surface area (Å²) in [7, 11) is 3.99. The first kappa shape index (κ1) is 13.5. The fraction of sp³-hybridized carbons (Fsp3) is 0.917. The van der Waals surface area contributed by atoms with Gasteiger partial charge in [0.2, 0.25) is 5.91 Å². The van der Waals surface area contributed by atoms with Crippen molar-refractivity contribution in [1.29, 1.82) is 0 Å². The summed E-state index contributed by atoms with van der Waals surface area (Å²) < 4.78 is 0. The molecule has 1 aliphatic heterocycles. The molecule has 1 saturated heterocycles. The van der Waals surface area contributed by atoms with Gasteiger partial charge in [-0.05, 0) is 47.8 Å². The Morgan fingerprint density at radius 2 is 2.12 bits per heavy atom. The van der Waals surface area contributed by atoms with Crippen molar-refractivity contribution in [3.63, 3.8) is 0 Å². The Kier molecular flexibility index (Phi) is 4.33. The number of nitrogens with zero attached hydrogens (tertiary/aromatic N) is 2. The SMILES string of the molecule is CCN1CC(C)(C)N(C)C(CCNC)C1=O. The minimum absolute atomic E-state index is 0.0242. The summed E-state index contributed by atoms with van der Waals surface area (Å²) in [6.45, 7) is 8.98. The minimum atomic E-state index is 0.0242. The molecule has 1 heterocycles. The molecule has 4 heteroatoms. The molecular formula is C12H25N3O. The second-order valence-electron chi connectivity index (χ2n) is 5.18. The fourth-order valence-corrected chi connectivity index (χ4v) is 2.32. The van der Waals surface area contributed by atoms with Crippen LogP contribution >= 0.6 is 0 Å². The molecule has 0 bridgehead atoms. The summed E-state index contributed by atoms with van der Waals surface area (Å²) in [6.07, 6.45) is 0.881. The van der Waals surface area contributed by atoms with Crippen LogP contribution in [0, 0.1) is 0 Å². The lowest BCUT2D eigenvalue weighted by molar-refractivity contribution is -0.148. The molecule has 0 aromatic carbocycles. The monoisotopic (exact) mass is 227 g/mol. The molecule has 1 amide bonds. The van der Waals surface area contributed by atoms with E-state index >= 15 is 0 Å². The van der Waals surface area contributed by atoms with Gasteiger partial charge in [0.1, 0.15) is 0 Å². The van der Waals surface area contributed by atoms with E-state index in [-0.39, 0.29) is 17.5 Å². The van der Waals surface area contributed by atoms with Crippen molar-refractivity contribution in [2.45, 2.75) is 38.8 Å². The van der Waals surface area contributed by atoms with E-state index in [9.17, 15) is 4.79 Å². The van der Waals surface area contributed by atoms with E-state index in [2.05, 4.69) is 38.0 Å². The first-order valence-electron chi connectivity index (χ1n) is 6.10. The molecule has 0 saturated carbocycles. The van der Waals surface area contributed by atoms with E-state index in [1.54, 1.807) is 0 Å². The van der Waals surface area contributed by atoms with Crippen LogP contribution in [-0.2, 0) is 4.79 Å². The third-order valence-electron chi connectivity index (χ3n) is 3.65. The zero-order valence-electron chi connectivity index (χ0n) is 11.2. The molecule has 1 rings (SSSR count). The molecule has 0 spiro atoms. The molecular weight excluding hydrogens is 202 g/mol. The predicted octanol–water partition coefficient (Wildman–Crippen LogP) is 0.537. The zero-order chi connectivity index (χ0) is 12.3. The summed E-state index contributed by atoms with van der Waals surface area (Å²) in [5, 5.41) is 3.12. The molecule has 0 aromatic heterocycles. The summed E-state index contributed by atoms with van der Waals surface area (Å²) in [4.78, 5) is 16.4. The standard InChI is InChI=1S/C12H25N3O/c1-6-15-9-12(2,3)14(5)10(11(15)16)7-8-13-4/h10,13H,6-9H2,1-5H3. The number of carbonyl (C=O) groups excluding carboxylic acids is 1. The van der Waals surface area contributed by atoms with Crippen LogP contribution < -0.4 is 5.32 Å². The summed E-state index contributed by atoms with van der Waals surface area (Å²) in [5.41, 5.74) is 0.0718. The van der Waals surface area contributed by atoms with Gasteiger partial charge in [0, 0.05) is 18.6 Å². The Bertz CT molecular complexity index is 253. The van der Waals surface area contributed by atoms with Crippen LogP contribution in [0.3, 0.4) is 0 Å². The lowest BCUT2D eigenvalue weighted by Gasteiger charge is -2.49. The van der Waals surface area contributed by atoms with Crippen LogP contribution in [0.15, 0.2) is 0 Å². The second kappa shape index (κ2) is 5.15. The number of piperazine rings is 1. The average Bonchev–Trinajstić information content (AvgIpc) is 2.24. The van der Waals surface area contributed by atoms with Gasteiger partial charge in [0.25, 0.3) is 0 Å². The molecule has 1 unspecified atom stereocenters. The van der Waals surface area contributed by atoms with Gasteiger partial charge in [0.05, 0.1) is 6.04 Å². The van der Waals surface area contributed by atoms with E-state index in [1.807, 2.05) is 11.9 Å². The molecule has 1 N–H and O–H groups in total. The van der Waals surface area contributed by atoms with Gasteiger partial charge < -0.3 is 10.2 Å². The fourth-order valence-electron chi connectivity index (χ4n) is 2.32. The van der Waals surface area contributed by atoms with Crippen LogP contribution in [0.2, 0.25) is 0 Å². The van der Waals surface area contributed by atoms with Gasteiger partial charge in [-0.1, -0.05) is 0 Å². The second-order valence-corrected chi connectivity index (χ2v) is 5.18. The van der Waals surface area contributed by atoms with E-state index in [1.165, 1.54) is 0 Å². The summed E-state index contributed by atoms with van der Waals surface area (Å²) in [6, 6.07) is 0.0242. The van der Waals surface area contributed by atoms with E-state index < -0.39 is 0 Å². The maximum atomic E-state index is 12.2. The van der Waals surface area contributed by atoms with E-state index in [0.717, 1.165) is 26.1 Å². The van der Waals surface area contributed by atoms with Crippen molar-refractivity contribution in [2.75, 3.05) is 33.7 Å². The van der Waals surface area contributed by atoms with Crippen molar-refractivity contribution in [2.24, 2.45) is 0 Å². The van der Waals surface area contributed by atoms with E-state index in [4.69, 9.17) is 0 Å². The molecule has 0 aromatic rings. The predicted molar refractivity (Wildman–Crippen MR) is 66.4 cm³/mol. The Morgan fingerprint density at radius 1 is 1.50 bits per heavy atom. The van der Waals surface area contributed by atoms with Gasteiger partial charge in [-0.25, -0.2) is 0 Å². The van der Waals surface area contributed by atoms with E-state index in [0.29, 0.717) is 0 Å². The largest absolute Gasteiger partial charge is 0.340 e. The molecule has 4 nitrogen and oxygen atoms in total. The number of hydrogen-bond acceptors (Lipinski definition) is 3. The van der Waals surface area contributed by atoms with Crippen LogP contribution in [0.5, 0.6) is 0 Å². The van der Waals surface area contributed by atoms with Crippen LogP contribution in [0.1, 0.15) is 27.2 Å². The number of nitrogens with one attached hydrogen (secondary N) is 1. The summed E-state index contributed by atoms with van der Waals surface area (Å²) >= 11 is 0. The number of amides is 1. The van der Waals surface area contributed by atoms with Gasteiger partial charge in [-0.2, -0.15) is 0 Å². The van der Waals surface area contributed by atoms with Crippen molar-refractivity contribution in [3.8, 4) is 0 Å². The Balaban J connectivity index is 2.80. The quantitative estimate of drug-likeness (QED) is 0.761. The maximum Gasteiger partial charge on any atom is 0.240 e. The van der Waals surface area contributed by atoms with Crippen LogP contribution in [0.25, 0.3) is 0 Å². The van der Waals surface area contributed by atoms with Crippen molar-refractivity contribution in [1.82, 2.24) is 15.1 Å². The van der Waals surface area contributed by atoms with Crippen molar-refractivity contribution >= 4 is 5.91 Å². The Labute approximate surface area is 99.0 Å². The Morgan fingerprint density at radius 3 is 2.62 bits per heavy atom. The minimum Gasteiger partial charge on any atom is -0.340 e. The van der Waals surface area contributed by atoms with Crippen molar-refractivity contribution < 1.29 is 4.79 Å². The maximum absolute atomic E-state index is 12.2. The lowest BCUT2D eigenvalue weighted by Crippen LogP contribution is -2.65. The Hall–Kier alpha value is -0.610. The van der Waals surface area contributed by atoms with Gasteiger partial charge >= 0.3 is 0 Å². The first-order chi connectivity index (χ1) is 7.44.